The van der Waals surface area contributed by atoms with Gasteiger partial charge in [-0.2, -0.15) is 0 Å². The number of nitrogens with zero attached hydrogens (tertiary/aromatic N) is 3. The Labute approximate surface area is 205 Å². The van der Waals surface area contributed by atoms with Gasteiger partial charge in [0.15, 0.2) is 0 Å². The number of carbonyl (C=O) groups excluding carboxylic acids is 1. The molecule has 1 saturated heterocycles. The van der Waals surface area contributed by atoms with Gasteiger partial charge in [-0.05, 0) is 18.4 Å². The number of H-pyrrole nitrogens is 1. The summed E-state index contributed by atoms with van der Waals surface area (Å²) in [4.78, 5) is 44.3. The SMILES string of the molecule is CN(CC(=O)NCC1(N2CCOCC2)CCCCC1)c1c(N)n(Cc2ccccc2)c(=O)[nH]c1=O. The molecule has 0 atom stereocenters. The van der Waals surface area contributed by atoms with E-state index in [1.807, 2.05) is 30.3 Å². The number of benzene rings is 1. The van der Waals surface area contributed by atoms with Crippen LogP contribution >= 0.6 is 0 Å². The van der Waals surface area contributed by atoms with Crippen LogP contribution in [0.1, 0.15) is 37.7 Å². The Morgan fingerprint density at radius 2 is 1.83 bits per heavy atom. The number of nitrogens with one attached hydrogen (secondary N) is 2. The number of carbonyl (C=O) groups is 1. The number of ether oxygens (including phenoxy) is 1. The van der Waals surface area contributed by atoms with Crippen molar-refractivity contribution < 1.29 is 9.53 Å². The summed E-state index contributed by atoms with van der Waals surface area (Å²) >= 11 is 0. The number of anilines is 2. The van der Waals surface area contributed by atoms with Gasteiger partial charge in [0.2, 0.25) is 5.91 Å². The molecule has 0 bridgehead atoms. The van der Waals surface area contributed by atoms with Crippen LogP contribution in [0.4, 0.5) is 11.5 Å². The van der Waals surface area contributed by atoms with Crippen LogP contribution in [0.15, 0.2) is 39.9 Å². The number of hydrogen-bond acceptors (Lipinski definition) is 7. The van der Waals surface area contributed by atoms with E-state index in [2.05, 4.69) is 15.2 Å². The highest BCUT2D eigenvalue weighted by atomic mass is 16.5. The van der Waals surface area contributed by atoms with Gasteiger partial charge in [0.1, 0.15) is 11.5 Å². The van der Waals surface area contributed by atoms with Gasteiger partial charge >= 0.3 is 5.69 Å². The van der Waals surface area contributed by atoms with E-state index >= 15 is 0 Å². The van der Waals surface area contributed by atoms with Gasteiger partial charge < -0.3 is 20.7 Å². The topological polar surface area (TPSA) is 126 Å². The first kappa shape index (κ1) is 25.0. The van der Waals surface area contributed by atoms with Crippen LogP contribution in [-0.4, -0.2) is 72.3 Å². The Bertz CT molecular complexity index is 1120. The second-order valence-corrected chi connectivity index (χ2v) is 9.58. The van der Waals surface area contributed by atoms with Crippen LogP contribution in [-0.2, 0) is 16.1 Å². The first-order valence-electron chi connectivity index (χ1n) is 12.4. The van der Waals surface area contributed by atoms with Gasteiger partial charge in [-0.25, -0.2) is 4.79 Å². The summed E-state index contributed by atoms with van der Waals surface area (Å²) in [7, 11) is 1.64. The second-order valence-electron chi connectivity index (χ2n) is 9.58. The molecule has 10 heteroatoms. The number of hydrogen-bond donors (Lipinski definition) is 3. The van der Waals surface area contributed by atoms with E-state index in [0.717, 1.165) is 57.6 Å². The van der Waals surface area contributed by atoms with E-state index < -0.39 is 11.2 Å². The molecule has 4 N–H and O–H groups in total. The van der Waals surface area contributed by atoms with Crippen molar-refractivity contribution in [1.82, 2.24) is 19.8 Å². The van der Waals surface area contributed by atoms with Gasteiger partial charge in [-0.1, -0.05) is 49.6 Å². The van der Waals surface area contributed by atoms with Crippen molar-refractivity contribution in [2.24, 2.45) is 0 Å². The van der Waals surface area contributed by atoms with E-state index in [-0.39, 0.29) is 36.0 Å². The van der Waals surface area contributed by atoms with Gasteiger partial charge in [0.05, 0.1) is 26.3 Å². The van der Waals surface area contributed by atoms with Crippen molar-refractivity contribution in [2.75, 3.05) is 57.1 Å². The van der Waals surface area contributed by atoms with Crippen molar-refractivity contribution in [2.45, 2.75) is 44.2 Å². The molecule has 1 aromatic heterocycles. The summed E-state index contributed by atoms with van der Waals surface area (Å²) in [5, 5.41) is 3.11. The summed E-state index contributed by atoms with van der Waals surface area (Å²) < 4.78 is 6.85. The molecule has 1 saturated carbocycles. The number of nitrogen functional groups attached to an aromatic ring is 1. The highest BCUT2D eigenvalue weighted by molar-refractivity contribution is 5.82. The molecule has 1 amide bonds. The van der Waals surface area contributed by atoms with Crippen LogP contribution in [0.5, 0.6) is 0 Å². The third-order valence-corrected chi connectivity index (χ3v) is 7.24. The fourth-order valence-corrected chi connectivity index (χ4v) is 5.34. The van der Waals surface area contributed by atoms with E-state index in [0.29, 0.717) is 6.54 Å². The summed E-state index contributed by atoms with van der Waals surface area (Å²) in [6.45, 7) is 3.94. The number of morpholine rings is 1. The van der Waals surface area contributed by atoms with Crippen LogP contribution in [0.25, 0.3) is 0 Å². The van der Waals surface area contributed by atoms with Gasteiger partial charge in [-0.15, -0.1) is 0 Å². The Balaban J connectivity index is 1.45. The lowest BCUT2D eigenvalue weighted by Gasteiger charge is -2.48. The van der Waals surface area contributed by atoms with Crippen LogP contribution in [0.2, 0.25) is 0 Å². The van der Waals surface area contributed by atoms with E-state index in [1.54, 1.807) is 7.05 Å². The largest absolute Gasteiger partial charge is 0.383 e. The van der Waals surface area contributed by atoms with Crippen LogP contribution in [0.3, 0.4) is 0 Å². The fraction of sp³-hybridized carbons (Fsp3) is 0.560. The minimum absolute atomic E-state index is 0.0370. The lowest BCUT2D eigenvalue weighted by atomic mass is 9.79. The quantitative estimate of drug-likeness (QED) is 0.505. The molecule has 4 rings (SSSR count). The Kier molecular flexibility index (Phi) is 7.92. The molecule has 1 aromatic carbocycles. The highest BCUT2D eigenvalue weighted by Crippen LogP contribution is 2.33. The Morgan fingerprint density at radius 3 is 2.51 bits per heavy atom. The Morgan fingerprint density at radius 1 is 1.14 bits per heavy atom. The molecule has 0 spiro atoms. The predicted molar refractivity (Wildman–Crippen MR) is 136 cm³/mol. The number of aromatic amines is 1. The lowest BCUT2D eigenvalue weighted by Crippen LogP contribution is -2.60. The molecule has 1 aliphatic carbocycles. The number of aromatic nitrogens is 2. The van der Waals surface area contributed by atoms with Crippen LogP contribution in [0, 0.1) is 0 Å². The maximum absolute atomic E-state index is 12.9. The zero-order valence-electron chi connectivity index (χ0n) is 20.4. The summed E-state index contributed by atoms with van der Waals surface area (Å²) in [5.74, 6) is -0.153. The average Bonchev–Trinajstić information content (AvgIpc) is 2.87. The normalized spacial score (nSPS) is 18.2. The standard InChI is InChI=1S/C25H36N6O4/c1-29(21-22(26)31(24(34)28-23(21)33)16-19-8-4-2-5-9-19)17-20(32)27-18-25(10-6-3-7-11-25)30-12-14-35-15-13-30/h2,4-5,8-9H,3,6-7,10-18,26H2,1H3,(H,27,32)(H,28,33,34). The maximum Gasteiger partial charge on any atom is 0.330 e. The maximum atomic E-state index is 12.9. The molecule has 1 aliphatic heterocycles. The molecule has 0 radical (unpaired) electrons. The smallest absolute Gasteiger partial charge is 0.330 e. The van der Waals surface area contributed by atoms with E-state index in [9.17, 15) is 14.4 Å². The zero-order chi connectivity index (χ0) is 24.8. The summed E-state index contributed by atoms with van der Waals surface area (Å²) in [5.41, 5.74) is 6.02. The molecule has 2 aromatic rings. The van der Waals surface area contributed by atoms with Crippen LogP contribution < -0.4 is 27.2 Å². The Hall–Kier alpha value is -3.11. The monoisotopic (exact) mass is 484 g/mol. The molecule has 2 aliphatic rings. The molecule has 0 unspecified atom stereocenters. The summed E-state index contributed by atoms with van der Waals surface area (Å²) in [6, 6.07) is 9.38. The predicted octanol–water partition coefficient (Wildman–Crippen LogP) is 0.755. The number of rotatable bonds is 8. The zero-order valence-corrected chi connectivity index (χ0v) is 20.4. The average molecular weight is 485 g/mol. The minimum atomic E-state index is -0.607. The summed E-state index contributed by atoms with van der Waals surface area (Å²) in [6.07, 6.45) is 5.65. The minimum Gasteiger partial charge on any atom is -0.383 e. The first-order valence-corrected chi connectivity index (χ1v) is 12.4. The van der Waals surface area contributed by atoms with Gasteiger partial charge in [0, 0.05) is 32.2 Å². The first-order chi connectivity index (χ1) is 16.9. The third kappa shape index (κ3) is 5.76. The molecule has 2 fully saturated rings. The van der Waals surface area contributed by atoms with Gasteiger partial charge in [0.25, 0.3) is 5.56 Å². The van der Waals surface area contributed by atoms with Crippen molar-refractivity contribution in [3.63, 3.8) is 0 Å². The molecule has 190 valence electrons. The van der Waals surface area contributed by atoms with E-state index in [4.69, 9.17) is 10.5 Å². The van der Waals surface area contributed by atoms with Crippen molar-refractivity contribution in [3.05, 3.63) is 56.7 Å². The van der Waals surface area contributed by atoms with E-state index in [1.165, 1.54) is 15.9 Å². The third-order valence-electron chi connectivity index (χ3n) is 7.24. The molecular weight excluding hydrogens is 448 g/mol. The highest BCUT2D eigenvalue weighted by Gasteiger charge is 2.38. The van der Waals surface area contributed by atoms with Crippen molar-refractivity contribution in [3.8, 4) is 0 Å². The number of likely N-dealkylation sites (N-methyl/N-ethyl adjacent to an activating group) is 1. The molecular formula is C25H36N6O4. The lowest BCUT2D eigenvalue weighted by molar-refractivity contribution is -0.121. The van der Waals surface area contributed by atoms with Crippen molar-refractivity contribution in [1.29, 1.82) is 0 Å². The second kappa shape index (κ2) is 11.1. The molecule has 2 heterocycles. The van der Waals surface area contributed by atoms with Gasteiger partial charge in [-0.3, -0.25) is 24.0 Å². The molecule has 10 nitrogen and oxygen atoms in total. The number of nitrogens with two attached hydrogens (primary N) is 1. The molecule has 35 heavy (non-hydrogen) atoms. The number of amides is 1. The van der Waals surface area contributed by atoms with Crippen molar-refractivity contribution >= 4 is 17.4 Å². The fourth-order valence-electron chi connectivity index (χ4n) is 5.34.